The Bertz CT molecular complexity index is 1010. The molecule has 10 heteroatoms. The van der Waals surface area contributed by atoms with Gasteiger partial charge in [0.15, 0.2) is 5.69 Å². The van der Waals surface area contributed by atoms with Gasteiger partial charge in [0.2, 0.25) is 0 Å². The molecule has 0 atom stereocenters. The Morgan fingerprint density at radius 3 is 2.62 bits per heavy atom. The number of ether oxygens (including phenoxy) is 1. The third kappa shape index (κ3) is 6.24. The number of aryl methyl sites for hydroxylation is 2. The van der Waals surface area contributed by atoms with Gasteiger partial charge in [-0.2, -0.15) is 18.3 Å². The topological polar surface area (TPSA) is 76.4 Å². The number of alkyl halides is 3. The summed E-state index contributed by atoms with van der Waals surface area (Å²) in [6.07, 6.45) is -2.30. The van der Waals surface area contributed by atoms with E-state index in [1.54, 1.807) is 22.9 Å². The van der Waals surface area contributed by atoms with Crippen LogP contribution in [0.4, 0.5) is 13.2 Å². The summed E-state index contributed by atoms with van der Waals surface area (Å²) in [7, 11) is 1.42. The van der Waals surface area contributed by atoms with E-state index in [-0.39, 0.29) is 23.7 Å². The highest BCUT2D eigenvalue weighted by molar-refractivity contribution is 6.36. The lowest BCUT2D eigenvalue weighted by atomic mass is 9.79. The minimum Gasteiger partial charge on any atom is -0.496 e. The molecule has 1 aromatic heterocycles. The molecule has 0 radical (unpaired) electrons. The average Bonchev–Trinajstić information content (AvgIpc) is 3.13. The Kier molecular flexibility index (Phi) is 8.18. The zero-order chi connectivity index (χ0) is 25.1. The predicted molar refractivity (Wildman–Crippen MR) is 124 cm³/mol. The molecule has 34 heavy (non-hydrogen) atoms. The minimum atomic E-state index is -4.25. The first kappa shape index (κ1) is 26.3. The molecule has 188 valence electrons. The molecule has 0 unspecified atom stereocenters. The summed E-state index contributed by atoms with van der Waals surface area (Å²) >= 11 is 6.59. The maximum Gasteiger partial charge on any atom is 0.389 e. The molecule has 1 aromatic carbocycles. The Labute approximate surface area is 202 Å². The number of benzene rings is 1. The lowest BCUT2D eigenvalue weighted by Crippen LogP contribution is -2.45. The first-order valence-corrected chi connectivity index (χ1v) is 11.8. The number of hydrogen-bond acceptors (Lipinski definition) is 4. The number of amides is 1. The van der Waals surface area contributed by atoms with Gasteiger partial charge < -0.3 is 15.2 Å². The number of methoxy groups -OCH3 is 1. The van der Waals surface area contributed by atoms with Crippen molar-refractivity contribution in [1.29, 1.82) is 0 Å². The molecule has 2 aromatic rings. The molecule has 1 fully saturated rings. The van der Waals surface area contributed by atoms with E-state index in [0.717, 1.165) is 12.8 Å². The first-order chi connectivity index (χ1) is 16.0. The van der Waals surface area contributed by atoms with E-state index >= 15 is 0 Å². The molecule has 1 heterocycles. The number of aromatic nitrogens is 2. The maximum absolute atomic E-state index is 12.9. The van der Waals surface area contributed by atoms with E-state index < -0.39 is 24.1 Å². The van der Waals surface area contributed by atoms with Gasteiger partial charge in [-0.15, -0.1) is 0 Å². The van der Waals surface area contributed by atoms with E-state index in [1.165, 1.54) is 7.11 Å². The summed E-state index contributed by atoms with van der Waals surface area (Å²) < 4.78 is 44.8. The van der Waals surface area contributed by atoms with Gasteiger partial charge in [0.05, 0.1) is 23.4 Å². The van der Waals surface area contributed by atoms with Crippen LogP contribution in [-0.4, -0.2) is 46.2 Å². The fourth-order valence-corrected chi connectivity index (χ4v) is 4.57. The molecule has 0 bridgehead atoms. The first-order valence-electron chi connectivity index (χ1n) is 11.5. The maximum atomic E-state index is 12.9. The number of rotatable bonds is 8. The molecule has 1 amide bonds. The van der Waals surface area contributed by atoms with Crippen molar-refractivity contribution < 1.29 is 27.8 Å². The van der Waals surface area contributed by atoms with E-state index in [4.69, 9.17) is 16.3 Å². The molecule has 2 N–H and O–H groups in total. The average molecular weight is 502 g/mol. The minimum absolute atomic E-state index is 0.0227. The smallest absolute Gasteiger partial charge is 0.389 e. The second kappa shape index (κ2) is 10.6. The highest BCUT2D eigenvalue weighted by Crippen LogP contribution is 2.38. The quantitative estimate of drug-likeness (QED) is 0.508. The molecule has 0 saturated heterocycles. The lowest BCUT2D eigenvalue weighted by molar-refractivity contribution is -0.134. The van der Waals surface area contributed by atoms with Crippen LogP contribution in [0.1, 0.15) is 62.0 Å². The van der Waals surface area contributed by atoms with Gasteiger partial charge >= 0.3 is 6.18 Å². The number of aliphatic hydroxyl groups is 1. The van der Waals surface area contributed by atoms with Crippen molar-refractivity contribution >= 4 is 17.5 Å². The zero-order valence-electron chi connectivity index (χ0n) is 19.6. The third-order valence-corrected chi connectivity index (χ3v) is 6.77. The Morgan fingerprint density at radius 1 is 1.35 bits per heavy atom. The van der Waals surface area contributed by atoms with Gasteiger partial charge in [0, 0.05) is 25.1 Å². The largest absolute Gasteiger partial charge is 0.496 e. The van der Waals surface area contributed by atoms with E-state index in [2.05, 4.69) is 17.3 Å². The number of carbonyl (C=O) groups is 1. The van der Waals surface area contributed by atoms with Crippen molar-refractivity contribution in [2.75, 3.05) is 13.7 Å². The predicted octanol–water partition coefficient (Wildman–Crippen LogP) is 5.40. The summed E-state index contributed by atoms with van der Waals surface area (Å²) in [5, 5.41) is 18.0. The Morgan fingerprint density at radius 2 is 2.03 bits per heavy atom. The standard InChI is InChI=1S/C24H31ClF3N3O3/c1-4-31-21(17-6-5-16(13-18(17)34-3)9-12-24(26,27)28)19(25)20(30-31)22(32)29-14-23(33)10-7-15(2)8-11-23/h5-6,13,15,33H,4,7-12,14H2,1-3H3,(H,29,32). The molecule has 1 saturated carbocycles. The number of nitrogens with one attached hydrogen (secondary N) is 1. The zero-order valence-corrected chi connectivity index (χ0v) is 20.4. The summed E-state index contributed by atoms with van der Waals surface area (Å²) in [5.74, 6) is 0.406. The van der Waals surface area contributed by atoms with Crippen molar-refractivity contribution in [1.82, 2.24) is 15.1 Å². The molecule has 6 nitrogen and oxygen atoms in total. The van der Waals surface area contributed by atoms with E-state index in [0.29, 0.717) is 47.9 Å². The summed E-state index contributed by atoms with van der Waals surface area (Å²) in [5.41, 5.74) is 0.523. The number of halogens is 4. The van der Waals surface area contributed by atoms with E-state index in [1.807, 2.05) is 6.92 Å². The summed E-state index contributed by atoms with van der Waals surface area (Å²) in [6.45, 7) is 4.50. The highest BCUT2D eigenvalue weighted by atomic mass is 35.5. The Hall–Kier alpha value is -2.26. The number of hydrogen-bond donors (Lipinski definition) is 2. The molecule has 1 aliphatic carbocycles. The molecule has 0 spiro atoms. The number of carbonyl (C=O) groups excluding carboxylic acids is 1. The highest BCUT2D eigenvalue weighted by Gasteiger charge is 2.33. The molecule has 3 rings (SSSR count). The van der Waals surface area contributed by atoms with Crippen molar-refractivity contribution in [2.24, 2.45) is 5.92 Å². The lowest BCUT2D eigenvalue weighted by Gasteiger charge is -2.34. The van der Waals surface area contributed by atoms with Crippen molar-refractivity contribution in [3.8, 4) is 17.0 Å². The molecule has 0 aliphatic heterocycles. The summed E-state index contributed by atoms with van der Waals surface area (Å²) in [6, 6.07) is 4.77. The van der Waals surface area contributed by atoms with Crippen LogP contribution in [0, 0.1) is 5.92 Å². The fourth-order valence-electron chi connectivity index (χ4n) is 4.25. The third-order valence-electron chi connectivity index (χ3n) is 6.41. The van der Waals surface area contributed by atoms with Crippen LogP contribution in [-0.2, 0) is 13.0 Å². The van der Waals surface area contributed by atoms with Crippen LogP contribution in [0.2, 0.25) is 5.02 Å². The van der Waals surface area contributed by atoms with Gasteiger partial charge in [-0.25, -0.2) is 0 Å². The van der Waals surface area contributed by atoms with Crippen molar-refractivity contribution in [3.63, 3.8) is 0 Å². The van der Waals surface area contributed by atoms with Gasteiger partial charge in [0.25, 0.3) is 5.91 Å². The van der Waals surface area contributed by atoms with Crippen LogP contribution >= 0.6 is 11.6 Å². The van der Waals surface area contributed by atoms with Crippen molar-refractivity contribution in [3.05, 3.63) is 34.5 Å². The van der Waals surface area contributed by atoms with Crippen LogP contribution in [0.15, 0.2) is 18.2 Å². The normalized spacial score (nSPS) is 20.9. The SMILES string of the molecule is CCn1nc(C(=O)NCC2(O)CCC(C)CC2)c(Cl)c1-c1ccc(CCC(F)(F)F)cc1OC. The van der Waals surface area contributed by atoms with Gasteiger partial charge in [0.1, 0.15) is 5.75 Å². The van der Waals surface area contributed by atoms with Crippen LogP contribution in [0.3, 0.4) is 0 Å². The molecular formula is C24H31ClF3N3O3. The van der Waals surface area contributed by atoms with Gasteiger partial charge in [-0.05, 0) is 62.6 Å². The van der Waals surface area contributed by atoms with Crippen molar-refractivity contribution in [2.45, 2.75) is 70.7 Å². The fraction of sp³-hybridized carbons (Fsp3) is 0.583. The monoisotopic (exact) mass is 501 g/mol. The Balaban J connectivity index is 1.83. The van der Waals surface area contributed by atoms with Crippen LogP contribution < -0.4 is 10.1 Å². The van der Waals surface area contributed by atoms with Gasteiger partial charge in [-0.1, -0.05) is 24.6 Å². The second-order valence-corrected chi connectivity index (χ2v) is 9.44. The summed E-state index contributed by atoms with van der Waals surface area (Å²) in [4.78, 5) is 12.9. The molecule has 1 aliphatic rings. The van der Waals surface area contributed by atoms with Crippen LogP contribution in [0.25, 0.3) is 11.3 Å². The molecular weight excluding hydrogens is 471 g/mol. The van der Waals surface area contributed by atoms with Gasteiger partial charge in [-0.3, -0.25) is 9.48 Å². The van der Waals surface area contributed by atoms with E-state index in [9.17, 15) is 23.1 Å². The number of nitrogens with zero attached hydrogens (tertiary/aromatic N) is 2. The van der Waals surface area contributed by atoms with Crippen LogP contribution in [0.5, 0.6) is 5.75 Å². The second-order valence-electron chi connectivity index (χ2n) is 9.07.